The van der Waals surface area contributed by atoms with Gasteiger partial charge in [0.1, 0.15) is 6.04 Å². The molecule has 2 rings (SSSR count). The molecule has 26 heavy (non-hydrogen) atoms. The molecule has 0 spiro atoms. The molecule has 1 atom stereocenters. The second-order valence-corrected chi connectivity index (χ2v) is 7.68. The van der Waals surface area contributed by atoms with Gasteiger partial charge in [-0.3, -0.25) is 9.59 Å². The lowest BCUT2D eigenvalue weighted by Gasteiger charge is -2.16. The van der Waals surface area contributed by atoms with Crippen LogP contribution in [-0.4, -0.2) is 34.8 Å². The summed E-state index contributed by atoms with van der Waals surface area (Å²) in [6.07, 6.45) is 3.93. The Morgan fingerprint density at radius 2 is 1.96 bits per heavy atom. The maximum absolute atomic E-state index is 12.5. The van der Waals surface area contributed by atoms with E-state index in [1.807, 2.05) is 23.8 Å². The van der Waals surface area contributed by atoms with Crippen LogP contribution in [0.2, 0.25) is 0 Å². The molecule has 5 nitrogen and oxygen atoms in total. The Morgan fingerprint density at radius 3 is 2.58 bits per heavy atom. The molecule has 0 radical (unpaired) electrons. The number of thiazole rings is 1. The Kier molecular flexibility index (Phi) is 8.12. The Labute approximate surface area is 163 Å². The summed E-state index contributed by atoms with van der Waals surface area (Å²) >= 11 is 3.04. The number of hydrogen-bond donors (Lipinski definition) is 2. The van der Waals surface area contributed by atoms with E-state index < -0.39 is 6.04 Å². The molecule has 0 saturated heterocycles. The second kappa shape index (κ2) is 10.3. The van der Waals surface area contributed by atoms with Gasteiger partial charge in [-0.25, -0.2) is 4.98 Å². The lowest BCUT2D eigenvalue weighted by Crippen LogP contribution is -2.43. The van der Waals surface area contributed by atoms with Crippen LogP contribution in [0.3, 0.4) is 0 Å². The third-order valence-electron chi connectivity index (χ3n) is 3.98. The highest BCUT2D eigenvalue weighted by molar-refractivity contribution is 7.98. The van der Waals surface area contributed by atoms with Gasteiger partial charge in [0.05, 0.1) is 5.69 Å². The molecular weight excluding hydrogens is 366 g/mol. The predicted octanol–water partition coefficient (Wildman–Crippen LogP) is 3.96. The monoisotopic (exact) mass is 391 g/mol. The van der Waals surface area contributed by atoms with Crippen molar-refractivity contribution in [1.29, 1.82) is 0 Å². The first-order valence-corrected chi connectivity index (χ1v) is 11.0. The first kappa shape index (κ1) is 20.5. The molecule has 7 heteroatoms. The summed E-state index contributed by atoms with van der Waals surface area (Å²) in [4.78, 5) is 28.7. The normalized spacial score (nSPS) is 11.8. The van der Waals surface area contributed by atoms with E-state index in [0.29, 0.717) is 18.0 Å². The van der Waals surface area contributed by atoms with E-state index in [1.54, 1.807) is 18.7 Å². The van der Waals surface area contributed by atoms with Crippen LogP contribution in [0, 0.1) is 0 Å². The maximum atomic E-state index is 12.5. The Hall–Kier alpha value is -1.86. The average Bonchev–Trinajstić information content (AvgIpc) is 3.13. The van der Waals surface area contributed by atoms with E-state index >= 15 is 0 Å². The van der Waals surface area contributed by atoms with E-state index in [4.69, 9.17) is 0 Å². The van der Waals surface area contributed by atoms with Crippen LogP contribution in [0.25, 0.3) is 11.3 Å². The molecule has 140 valence electrons. The number of nitrogens with zero attached hydrogens (tertiary/aromatic N) is 1. The third-order valence-corrected chi connectivity index (χ3v) is 5.38. The molecule has 0 bridgehead atoms. The van der Waals surface area contributed by atoms with Gasteiger partial charge in [0.25, 0.3) is 0 Å². The van der Waals surface area contributed by atoms with Gasteiger partial charge in [-0.2, -0.15) is 11.8 Å². The first-order valence-electron chi connectivity index (χ1n) is 8.71. The van der Waals surface area contributed by atoms with E-state index in [0.717, 1.165) is 23.4 Å². The summed E-state index contributed by atoms with van der Waals surface area (Å²) in [5.41, 5.74) is 3.14. The minimum Gasteiger partial charge on any atom is -0.344 e. The number of benzene rings is 1. The van der Waals surface area contributed by atoms with Crippen molar-refractivity contribution in [2.45, 2.75) is 39.2 Å². The Morgan fingerprint density at radius 1 is 1.23 bits per heavy atom. The smallest absolute Gasteiger partial charge is 0.248 e. The molecule has 1 aromatic carbocycles. The van der Waals surface area contributed by atoms with Crippen molar-refractivity contribution in [2.75, 3.05) is 17.3 Å². The molecule has 0 aliphatic rings. The van der Waals surface area contributed by atoms with Crippen LogP contribution in [0.1, 0.15) is 32.3 Å². The fourth-order valence-electron chi connectivity index (χ4n) is 2.37. The Balaban J connectivity index is 2.04. The molecule has 2 N–H and O–H groups in total. The Bertz CT molecular complexity index is 729. The SMILES string of the molecule is CCC(=O)NC(CCSC)C(=O)Nc1nc(-c2ccc(CC)cc2)cs1. The van der Waals surface area contributed by atoms with E-state index in [-0.39, 0.29) is 11.8 Å². The summed E-state index contributed by atoms with van der Waals surface area (Å²) in [6.45, 7) is 3.89. The summed E-state index contributed by atoms with van der Waals surface area (Å²) in [5.74, 6) is 0.458. The lowest BCUT2D eigenvalue weighted by molar-refractivity contribution is -0.126. The van der Waals surface area contributed by atoms with Gasteiger partial charge in [-0.1, -0.05) is 38.1 Å². The molecule has 2 amide bonds. The summed E-state index contributed by atoms with van der Waals surface area (Å²) in [7, 11) is 0. The fraction of sp³-hybridized carbons (Fsp3) is 0.421. The van der Waals surface area contributed by atoms with Crippen molar-refractivity contribution in [3.63, 3.8) is 0 Å². The number of carbonyl (C=O) groups is 2. The molecule has 1 aromatic heterocycles. The maximum Gasteiger partial charge on any atom is 0.248 e. The van der Waals surface area contributed by atoms with Crippen molar-refractivity contribution in [2.24, 2.45) is 0 Å². The van der Waals surface area contributed by atoms with Gasteiger partial charge in [-0.15, -0.1) is 11.3 Å². The van der Waals surface area contributed by atoms with E-state index in [9.17, 15) is 9.59 Å². The third kappa shape index (κ3) is 5.85. The van der Waals surface area contributed by atoms with Crippen LogP contribution >= 0.6 is 23.1 Å². The first-order chi connectivity index (χ1) is 12.6. The molecule has 1 unspecified atom stereocenters. The zero-order valence-corrected chi connectivity index (χ0v) is 17.0. The molecule has 1 heterocycles. The molecule has 0 aliphatic carbocycles. The highest BCUT2D eigenvalue weighted by Crippen LogP contribution is 2.25. The van der Waals surface area contributed by atoms with Crippen molar-refractivity contribution < 1.29 is 9.59 Å². The van der Waals surface area contributed by atoms with Gasteiger partial charge >= 0.3 is 0 Å². The number of thioether (sulfide) groups is 1. The van der Waals surface area contributed by atoms with Crippen molar-refractivity contribution in [1.82, 2.24) is 10.3 Å². The minimum atomic E-state index is -0.536. The number of carbonyl (C=O) groups excluding carboxylic acids is 2. The number of amides is 2. The topological polar surface area (TPSA) is 71.1 Å². The molecule has 2 aromatic rings. The van der Waals surface area contributed by atoms with Crippen molar-refractivity contribution in [3.8, 4) is 11.3 Å². The van der Waals surface area contributed by atoms with Gasteiger partial charge in [0.15, 0.2) is 5.13 Å². The fourth-order valence-corrected chi connectivity index (χ4v) is 3.56. The molecule has 0 fully saturated rings. The number of rotatable bonds is 9. The lowest BCUT2D eigenvalue weighted by atomic mass is 10.1. The molecular formula is C19H25N3O2S2. The zero-order chi connectivity index (χ0) is 18.9. The van der Waals surface area contributed by atoms with Crippen molar-refractivity contribution in [3.05, 3.63) is 35.2 Å². The second-order valence-electron chi connectivity index (χ2n) is 5.83. The summed E-state index contributed by atoms with van der Waals surface area (Å²) < 4.78 is 0. The van der Waals surface area contributed by atoms with Crippen LogP contribution in [0.15, 0.2) is 29.6 Å². The van der Waals surface area contributed by atoms with Crippen molar-refractivity contribution >= 4 is 40.0 Å². The highest BCUT2D eigenvalue weighted by Gasteiger charge is 2.21. The van der Waals surface area contributed by atoms with E-state index in [2.05, 4.69) is 34.7 Å². The van der Waals surface area contributed by atoms with Gasteiger partial charge in [0, 0.05) is 17.4 Å². The number of aryl methyl sites for hydroxylation is 1. The van der Waals surface area contributed by atoms with Crippen LogP contribution in [-0.2, 0) is 16.0 Å². The number of aromatic nitrogens is 1. The van der Waals surface area contributed by atoms with Crippen LogP contribution < -0.4 is 10.6 Å². The van der Waals surface area contributed by atoms with E-state index in [1.165, 1.54) is 16.9 Å². The number of hydrogen-bond acceptors (Lipinski definition) is 5. The van der Waals surface area contributed by atoms with Crippen LogP contribution in [0.5, 0.6) is 0 Å². The van der Waals surface area contributed by atoms with Gasteiger partial charge < -0.3 is 10.6 Å². The van der Waals surface area contributed by atoms with Crippen LogP contribution in [0.4, 0.5) is 5.13 Å². The standard InChI is InChI=1S/C19H25N3O2S2/c1-4-13-6-8-14(9-7-13)16-12-26-19(21-16)22-18(24)15(10-11-25-3)20-17(23)5-2/h6-9,12,15H,4-5,10-11H2,1-3H3,(H,20,23)(H,21,22,24). The molecule has 0 aliphatic heterocycles. The molecule has 0 saturated carbocycles. The summed E-state index contributed by atoms with van der Waals surface area (Å²) in [6, 6.07) is 7.73. The number of anilines is 1. The predicted molar refractivity (Wildman–Crippen MR) is 111 cm³/mol. The average molecular weight is 392 g/mol. The largest absolute Gasteiger partial charge is 0.344 e. The summed E-state index contributed by atoms with van der Waals surface area (Å²) in [5, 5.41) is 8.10. The quantitative estimate of drug-likeness (QED) is 0.679. The zero-order valence-electron chi connectivity index (χ0n) is 15.4. The van der Waals surface area contributed by atoms with Gasteiger partial charge in [-0.05, 0) is 30.4 Å². The number of nitrogens with one attached hydrogen (secondary N) is 2. The van der Waals surface area contributed by atoms with Gasteiger partial charge in [0.2, 0.25) is 11.8 Å². The highest BCUT2D eigenvalue weighted by atomic mass is 32.2. The minimum absolute atomic E-state index is 0.123.